The second-order valence-corrected chi connectivity index (χ2v) is 4.22. The molecular weight excluding hydrogens is 240 g/mol. The van der Waals surface area contributed by atoms with Crippen molar-refractivity contribution >= 4 is 17.6 Å². The molecular formula is C13H17ClO3. The Hall–Kier alpha value is -1.22. The van der Waals surface area contributed by atoms with E-state index >= 15 is 0 Å². The first kappa shape index (κ1) is 13.8. The van der Waals surface area contributed by atoms with Crippen LogP contribution >= 0.6 is 11.6 Å². The summed E-state index contributed by atoms with van der Waals surface area (Å²) in [6, 6.07) is 5.51. The van der Waals surface area contributed by atoms with Crippen molar-refractivity contribution in [3.05, 3.63) is 28.8 Å². The van der Waals surface area contributed by atoms with Gasteiger partial charge < -0.3 is 9.47 Å². The Labute approximate surface area is 107 Å². The normalized spacial score (nSPS) is 12.0. The number of rotatable bonds is 5. The molecule has 1 aromatic rings. The molecule has 0 aliphatic heterocycles. The van der Waals surface area contributed by atoms with E-state index in [9.17, 15) is 4.79 Å². The van der Waals surface area contributed by atoms with E-state index in [-0.39, 0.29) is 18.5 Å². The van der Waals surface area contributed by atoms with E-state index in [1.54, 1.807) is 12.1 Å². The first-order valence-corrected chi connectivity index (χ1v) is 5.96. The average molecular weight is 257 g/mol. The molecule has 1 aromatic carbocycles. The average Bonchev–Trinajstić information content (AvgIpc) is 2.31. The zero-order valence-electron chi connectivity index (χ0n) is 10.3. The van der Waals surface area contributed by atoms with Gasteiger partial charge in [0.15, 0.2) is 0 Å². The second kappa shape index (κ2) is 6.50. The van der Waals surface area contributed by atoms with Gasteiger partial charge in [0.05, 0.1) is 13.5 Å². The van der Waals surface area contributed by atoms with Gasteiger partial charge in [-0.05, 0) is 37.1 Å². The molecule has 94 valence electrons. The van der Waals surface area contributed by atoms with Crippen LogP contribution in [0.15, 0.2) is 18.2 Å². The molecule has 0 bridgehead atoms. The Bertz CT molecular complexity index is 390. The van der Waals surface area contributed by atoms with Gasteiger partial charge in [0, 0.05) is 5.02 Å². The van der Waals surface area contributed by atoms with Crippen LogP contribution in [-0.4, -0.2) is 19.2 Å². The fraction of sp³-hybridized carbons (Fsp3) is 0.462. The molecule has 0 fully saturated rings. The van der Waals surface area contributed by atoms with Crippen LogP contribution in [0.3, 0.4) is 0 Å². The number of methoxy groups -OCH3 is 1. The second-order valence-electron chi connectivity index (χ2n) is 3.82. The lowest BCUT2D eigenvalue weighted by Crippen LogP contribution is -2.17. The lowest BCUT2D eigenvalue weighted by molar-refractivity contribution is -0.142. The van der Waals surface area contributed by atoms with E-state index in [2.05, 4.69) is 4.74 Å². The Kier molecular flexibility index (Phi) is 5.29. The molecule has 17 heavy (non-hydrogen) atoms. The van der Waals surface area contributed by atoms with Gasteiger partial charge in [-0.25, -0.2) is 0 Å². The van der Waals surface area contributed by atoms with E-state index in [1.807, 2.05) is 19.9 Å². The van der Waals surface area contributed by atoms with Crippen molar-refractivity contribution in [2.75, 3.05) is 7.11 Å². The number of benzene rings is 1. The third kappa shape index (κ3) is 4.27. The van der Waals surface area contributed by atoms with Gasteiger partial charge >= 0.3 is 5.97 Å². The van der Waals surface area contributed by atoms with E-state index in [4.69, 9.17) is 16.3 Å². The maximum absolute atomic E-state index is 11.1. The fourth-order valence-corrected chi connectivity index (χ4v) is 1.74. The van der Waals surface area contributed by atoms with E-state index in [0.29, 0.717) is 0 Å². The van der Waals surface area contributed by atoms with Crippen molar-refractivity contribution in [2.45, 2.75) is 32.8 Å². The molecule has 0 heterocycles. The summed E-state index contributed by atoms with van der Waals surface area (Å²) in [4.78, 5) is 11.1. The molecule has 0 saturated carbocycles. The molecule has 1 atom stereocenters. The lowest BCUT2D eigenvalue weighted by atomic mass is 10.1. The Balaban J connectivity index is 2.65. The highest BCUT2D eigenvalue weighted by Crippen LogP contribution is 2.23. The minimum atomic E-state index is -0.276. The zero-order chi connectivity index (χ0) is 12.8. The summed E-state index contributed by atoms with van der Waals surface area (Å²) in [5, 5.41) is 0.737. The number of carbonyl (C=O) groups excluding carboxylic acids is 1. The molecule has 0 radical (unpaired) electrons. The van der Waals surface area contributed by atoms with Gasteiger partial charge in [-0.2, -0.15) is 0 Å². The van der Waals surface area contributed by atoms with E-state index < -0.39 is 0 Å². The first-order chi connectivity index (χ1) is 8.06. The van der Waals surface area contributed by atoms with Crippen LogP contribution in [0.1, 0.15) is 25.8 Å². The quantitative estimate of drug-likeness (QED) is 0.759. The molecule has 4 heteroatoms. The Morgan fingerprint density at radius 2 is 2.18 bits per heavy atom. The Morgan fingerprint density at radius 1 is 1.47 bits per heavy atom. The molecule has 0 spiro atoms. The lowest BCUT2D eigenvalue weighted by Gasteiger charge is -2.14. The predicted octanol–water partition coefficient (Wildman–Crippen LogP) is 3.23. The van der Waals surface area contributed by atoms with Crippen LogP contribution in [0.25, 0.3) is 0 Å². The maximum atomic E-state index is 11.1. The van der Waals surface area contributed by atoms with E-state index in [0.717, 1.165) is 22.8 Å². The highest BCUT2D eigenvalue weighted by molar-refractivity contribution is 6.31. The SMILES string of the molecule is CCc1cc(OC(C)CC(=O)OC)ccc1Cl. The van der Waals surface area contributed by atoms with Gasteiger partial charge in [-0.15, -0.1) is 0 Å². The fourth-order valence-electron chi connectivity index (χ4n) is 1.49. The molecule has 0 saturated heterocycles. The molecule has 0 aliphatic carbocycles. The van der Waals surface area contributed by atoms with Crippen molar-refractivity contribution in [3.8, 4) is 5.75 Å². The Morgan fingerprint density at radius 3 is 2.76 bits per heavy atom. The molecule has 0 aliphatic rings. The third-order valence-electron chi connectivity index (χ3n) is 2.42. The van der Waals surface area contributed by atoms with Crippen LogP contribution in [-0.2, 0) is 16.0 Å². The molecule has 0 aromatic heterocycles. The van der Waals surface area contributed by atoms with Crippen LogP contribution in [0, 0.1) is 0 Å². The summed E-state index contributed by atoms with van der Waals surface area (Å²) < 4.78 is 10.2. The van der Waals surface area contributed by atoms with Gasteiger partial charge in [-0.1, -0.05) is 18.5 Å². The highest BCUT2D eigenvalue weighted by Gasteiger charge is 2.11. The van der Waals surface area contributed by atoms with Crippen LogP contribution in [0.5, 0.6) is 5.75 Å². The summed E-state index contributed by atoms with van der Waals surface area (Å²) in [6.45, 7) is 3.86. The summed E-state index contributed by atoms with van der Waals surface area (Å²) >= 11 is 6.01. The standard InChI is InChI=1S/C13H17ClO3/c1-4-10-8-11(5-6-12(10)14)17-9(2)7-13(15)16-3/h5-6,8-9H,4,7H2,1-3H3. The van der Waals surface area contributed by atoms with Crippen molar-refractivity contribution in [3.63, 3.8) is 0 Å². The summed E-state index contributed by atoms with van der Waals surface area (Å²) in [5.41, 5.74) is 1.04. The smallest absolute Gasteiger partial charge is 0.309 e. The van der Waals surface area contributed by atoms with Crippen molar-refractivity contribution in [1.82, 2.24) is 0 Å². The largest absolute Gasteiger partial charge is 0.490 e. The molecule has 1 unspecified atom stereocenters. The molecule has 1 rings (SSSR count). The molecule has 0 N–H and O–H groups in total. The number of hydrogen-bond acceptors (Lipinski definition) is 3. The molecule has 3 nitrogen and oxygen atoms in total. The first-order valence-electron chi connectivity index (χ1n) is 5.58. The van der Waals surface area contributed by atoms with Crippen molar-refractivity contribution in [2.24, 2.45) is 0 Å². The van der Waals surface area contributed by atoms with Gasteiger partial charge in [0.1, 0.15) is 11.9 Å². The number of aryl methyl sites for hydroxylation is 1. The highest BCUT2D eigenvalue weighted by atomic mass is 35.5. The molecule has 0 amide bonds. The monoisotopic (exact) mass is 256 g/mol. The van der Waals surface area contributed by atoms with Crippen molar-refractivity contribution < 1.29 is 14.3 Å². The summed E-state index contributed by atoms with van der Waals surface area (Å²) in [7, 11) is 1.37. The minimum Gasteiger partial charge on any atom is -0.490 e. The minimum absolute atomic E-state index is 0.215. The van der Waals surface area contributed by atoms with Gasteiger partial charge in [0.25, 0.3) is 0 Å². The van der Waals surface area contributed by atoms with Gasteiger partial charge in [-0.3, -0.25) is 4.79 Å². The van der Waals surface area contributed by atoms with E-state index in [1.165, 1.54) is 7.11 Å². The van der Waals surface area contributed by atoms with Crippen LogP contribution < -0.4 is 4.74 Å². The number of ether oxygens (including phenoxy) is 2. The van der Waals surface area contributed by atoms with Gasteiger partial charge in [0.2, 0.25) is 0 Å². The van der Waals surface area contributed by atoms with Crippen molar-refractivity contribution in [1.29, 1.82) is 0 Å². The number of esters is 1. The zero-order valence-corrected chi connectivity index (χ0v) is 11.1. The number of carbonyl (C=O) groups is 1. The third-order valence-corrected chi connectivity index (χ3v) is 2.79. The predicted molar refractivity (Wildman–Crippen MR) is 67.6 cm³/mol. The number of halogens is 1. The van der Waals surface area contributed by atoms with Crippen LogP contribution in [0.2, 0.25) is 5.02 Å². The van der Waals surface area contributed by atoms with Crippen LogP contribution in [0.4, 0.5) is 0 Å². The summed E-state index contributed by atoms with van der Waals surface area (Å²) in [6.07, 6.45) is 0.871. The summed E-state index contributed by atoms with van der Waals surface area (Å²) in [5.74, 6) is 0.449. The number of hydrogen-bond donors (Lipinski definition) is 0. The maximum Gasteiger partial charge on any atom is 0.309 e. The topological polar surface area (TPSA) is 35.5 Å².